The Labute approximate surface area is 95.8 Å². The van der Waals surface area contributed by atoms with Gasteiger partial charge in [0.25, 0.3) is 0 Å². The molecule has 0 atom stereocenters. The molecule has 0 aromatic carbocycles. The van der Waals surface area contributed by atoms with Crippen LogP contribution in [-0.4, -0.2) is 25.7 Å². The minimum absolute atomic E-state index is 0.139. The maximum Gasteiger partial charge on any atom is 0.220 e. The normalized spacial score (nSPS) is 16.9. The van der Waals surface area contributed by atoms with E-state index in [2.05, 4.69) is 4.98 Å². The van der Waals surface area contributed by atoms with Crippen molar-refractivity contribution < 1.29 is 9.47 Å². The van der Waals surface area contributed by atoms with Crippen molar-refractivity contribution >= 4 is 0 Å². The highest BCUT2D eigenvalue weighted by molar-refractivity contribution is 5.48. The van der Waals surface area contributed by atoms with Gasteiger partial charge in [0.15, 0.2) is 0 Å². The predicted octanol–water partition coefficient (Wildman–Crippen LogP) is 1.48. The van der Waals surface area contributed by atoms with Crippen LogP contribution in [-0.2, 0) is 5.41 Å². The van der Waals surface area contributed by atoms with E-state index in [-0.39, 0.29) is 5.41 Å². The van der Waals surface area contributed by atoms with E-state index < -0.39 is 0 Å². The van der Waals surface area contributed by atoms with E-state index in [1.54, 1.807) is 20.4 Å². The zero-order valence-electron chi connectivity index (χ0n) is 9.82. The molecule has 1 aliphatic rings. The average molecular weight is 222 g/mol. The third-order valence-electron chi connectivity index (χ3n) is 3.30. The predicted molar refractivity (Wildman–Crippen MR) is 61.9 cm³/mol. The fourth-order valence-corrected chi connectivity index (χ4v) is 2.29. The number of hydrogen-bond donors (Lipinski definition) is 1. The molecule has 1 aromatic heterocycles. The summed E-state index contributed by atoms with van der Waals surface area (Å²) in [5.41, 5.74) is 6.90. The maximum absolute atomic E-state index is 5.67. The quantitative estimate of drug-likeness (QED) is 0.819. The van der Waals surface area contributed by atoms with Gasteiger partial charge in [-0.15, -0.1) is 0 Å². The molecule has 0 bridgehead atoms. The highest BCUT2D eigenvalue weighted by Gasteiger charge is 2.47. The van der Waals surface area contributed by atoms with Crippen molar-refractivity contribution in [2.45, 2.75) is 24.7 Å². The van der Waals surface area contributed by atoms with Gasteiger partial charge in [-0.05, 0) is 31.9 Å². The Morgan fingerprint density at radius 2 is 2.12 bits per heavy atom. The second kappa shape index (κ2) is 4.29. The van der Waals surface area contributed by atoms with Gasteiger partial charge in [0.05, 0.1) is 19.8 Å². The standard InChI is InChI=1S/C12H18N2O2/c1-15-9-3-8-14-11(16-2)10(9)12(4-5-12)6-7-13/h3,8H,4-7,13H2,1-2H3. The molecule has 1 fully saturated rings. The first-order valence-corrected chi connectivity index (χ1v) is 5.55. The van der Waals surface area contributed by atoms with Crippen LogP contribution in [0.2, 0.25) is 0 Å². The first-order chi connectivity index (χ1) is 7.77. The zero-order valence-corrected chi connectivity index (χ0v) is 9.82. The van der Waals surface area contributed by atoms with Crippen LogP contribution in [0.15, 0.2) is 12.3 Å². The summed E-state index contributed by atoms with van der Waals surface area (Å²) < 4.78 is 10.7. The highest BCUT2D eigenvalue weighted by Crippen LogP contribution is 2.56. The minimum atomic E-state index is 0.139. The largest absolute Gasteiger partial charge is 0.496 e. The lowest BCUT2D eigenvalue weighted by Crippen LogP contribution is -2.16. The number of ether oxygens (including phenoxy) is 2. The molecule has 1 saturated carbocycles. The fraction of sp³-hybridized carbons (Fsp3) is 0.583. The summed E-state index contributed by atoms with van der Waals surface area (Å²) in [5, 5.41) is 0. The van der Waals surface area contributed by atoms with Gasteiger partial charge in [-0.2, -0.15) is 0 Å². The van der Waals surface area contributed by atoms with Crippen molar-refractivity contribution in [2.75, 3.05) is 20.8 Å². The Hall–Kier alpha value is -1.29. The lowest BCUT2D eigenvalue weighted by molar-refractivity contribution is 0.362. The molecule has 88 valence electrons. The Morgan fingerprint density at radius 3 is 2.62 bits per heavy atom. The van der Waals surface area contributed by atoms with E-state index in [0.717, 1.165) is 30.6 Å². The van der Waals surface area contributed by atoms with Crippen LogP contribution in [0.1, 0.15) is 24.8 Å². The second-order valence-corrected chi connectivity index (χ2v) is 4.22. The molecule has 2 N–H and O–H groups in total. The molecule has 0 saturated heterocycles. The number of rotatable bonds is 5. The molecule has 0 radical (unpaired) electrons. The van der Waals surface area contributed by atoms with Crippen molar-refractivity contribution in [1.29, 1.82) is 0 Å². The van der Waals surface area contributed by atoms with Crippen molar-refractivity contribution in [2.24, 2.45) is 5.73 Å². The molecule has 4 nitrogen and oxygen atoms in total. The first-order valence-electron chi connectivity index (χ1n) is 5.55. The first kappa shape index (κ1) is 11.2. The Kier molecular flexibility index (Phi) is 3.01. The summed E-state index contributed by atoms with van der Waals surface area (Å²) in [6.07, 6.45) is 4.95. The van der Waals surface area contributed by atoms with E-state index in [1.165, 1.54) is 0 Å². The summed E-state index contributed by atoms with van der Waals surface area (Å²) in [7, 11) is 3.32. The summed E-state index contributed by atoms with van der Waals surface area (Å²) in [6, 6.07) is 1.88. The zero-order chi connectivity index (χ0) is 11.6. The van der Waals surface area contributed by atoms with Crippen molar-refractivity contribution in [1.82, 2.24) is 4.98 Å². The number of pyridine rings is 1. The Balaban J connectivity index is 2.44. The van der Waals surface area contributed by atoms with Crippen molar-refractivity contribution in [3.8, 4) is 11.6 Å². The molecule has 0 spiro atoms. The Bertz CT molecular complexity index is 353. The number of nitrogens with zero attached hydrogens (tertiary/aromatic N) is 1. The summed E-state index contributed by atoms with van der Waals surface area (Å²) in [6.45, 7) is 0.682. The van der Waals surface area contributed by atoms with Gasteiger partial charge in [0, 0.05) is 11.6 Å². The van der Waals surface area contributed by atoms with Gasteiger partial charge < -0.3 is 15.2 Å². The summed E-state index contributed by atoms with van der Waals surface area (Å²) >= 11 is 0. The summed E-state index contributed by atoms with van der Waals surface area (Å²) in [4.78, 5) is 4.25. The van der Waals surface area contributed by atoms with Crippen LogP contribution in [0.4, 0.5) is 0 Å². The molecule has 1 heterocycles. The monoisotopic (exact) mass is 222 g/mol. The van der Waals surface area contributed by atoms with Crippen LogP contribution < -0.4 is 15.2 Å². The van der Waals surface area contributed by atoms with E-state index in [4.69, 9.17) is 15.2 Å². The van der Waals surface area contributed by atoms with Gasteiger partial charge in [0.1, 0.15) is 5.75 Å². The highest BCUT2D eigenvalue weighted by atomic mass is 16.5. The fourth-order valence-electron chi connectivity index (χ4n) is 2.29. The Morgan fingerprint density at radius 1 is 1.38 bits per heavy atom. The van der Waals surface area contributed by atoms with Crippen molar-refractivity contribution in [3.05, 3.63) is 17.8 Å². The van der Waals surface area contributed by atoms with Gasteiger partial charge in [0.2, 0.25) is 5.88 Å². The lowest BCUT2D eigenvalue weighted by atomic mass is 9.92. The van der Waals surface area contributed by atoms with E-state index in [1.807, 2.05) is 6.07 Å². The van der Waals surface area contributed by atoms with E-state index in [9.17, 15) is 0 Å². The SMILES string of the molecule is COc1ccnc(OC)c1C1(CCN)CC1. The van der Waals surface area contributed by atoms with Gasteiger partial charge in [-0.1, -0.05) is 0 Å². The van der Waals surface area contributed by atoms with Gasteiger partial charge in [-0.25, -0.2) is 4.98 Å². The maximum atomic E-state index is 5.67. The minimum Gasteiger partial charge on any atom is -0.496 e. The number of methoxy groups -OCH3 is 2. The number of aromatic nitrogens is 1. The smallest absolute Gasteiger partial charge is 0.220 e. The lowest BCUT2D eigenvalue weighted by Gasteiger charge is -2.19. The van der Waals surface area contributed by atoms with Crippen LogP contribution in [0.3, 0.4) is 0 Å². The van der Waals surface area contributed by atoms with Crippen LogP contribution >= 0.6 is 0 Å². The molecule has 16 heavy (non-hydrogen) atoms. The topological polar surface area (TPSA) is 57.4 Å². The molecule has 1 aliphatic carbocycles. The third kappa shape index (κ3) is 1.73. The van der Waals surface area contributed by atoms with Gasteiger partial charge in [-0.3, -0.25) is 0 Å². The molecular weight excluding hydrogens is 204 g/mol. The molecular formula is C12H18N2O2. The van der Waals surface area contributed by atoms with E-state index in [0.29, 0.717) is 12.4 Å². The molecule has 0 aliphatic heterocycles. The number of nitrogens with two attached hydrogens (primary N) is 1. The van der Waals surface area contributed by atoms with Crippen LogP contribution in [0.25, 0.3) is 0 Å². The third-order valence-corrected chi connectivity index (χ3v) is 3.30. The van der Waals surface area contributed by atoms with Crippen LogP contribution in [0.5, 0.6) is 11.6 Å². The van der Waals surface area contributed by atoms with Gasteiger partial charge >= 0.3 is 0 Å². The number of hydrogen-bond acceptors (Lipinski definition) is 4. The molecule has 2 rings (SSSR count). The molecule has 1 aromatic rings. The summed E-state index contributed by atoms with van der Waals surface area (Å²) in [5.74, 6) is 1.53. The van der Waals surface area contributed by atoms with E-state index >= 15 is 0 Å². The molecule has 0 amide bonds. The average Bonchev–Trinajstić information content (AvgIpc) is 3.09. The second-order valence-electron chi connectivity index (χ2n) is 4.22. The van der Waals surface area contributed by atoms with Crippen LogP contribution in [0, 0.1) is 0 Å². The van der Waals surface area contributed by atoms with Crippen molar-refractivity contribution in [3.63, 3.8) is 0 Å². The molecule has 4 heteroatoms. The molecule has 0 unspecified atom stereocenters.